The summed E-state index contributed by atoms with van der Waals surface area (Å²) < 4.78 is 13.8. The lowest BCUT2D eigenvalue weighted by molar-refractivity contribution is -0.152. The molecule has 10 nitrogen and oxygen atoms in total. The number of fused-ring (bicyclic) bond motifs is 1. The summed E-state index contributed by atoms with van der Waals surface area (Å²) in [4.78, 5) is 60.0. The number of carboxylic acid groups (broad SMARTS) is 1. The predicted molar refractivity (Wildman–Crippen MR) is 95.3 cm³/mol. The Bertz CT molecular complexity index is 858. The van der Waals surface area contributed by atoms with Crippen molar-refractivity contribution < 1.29 is 38.6 Å². The van der Waals surface area contributed by atoms with Gasteiger partial charge in [0.15, 0.2) is 0 Å². The van der Waals surface area contributed by atoms with Crippen LogP contribution in [0.15, 0.2) is 18.2 Å². The van der Waals surface area contributed by atoms with Crippen LogP contribution in [0.2, 0.25) is 0 Å². The molecule has 0 spiro atoms. The summed E-state index contributed by atoms with van der Waals surface area (Å²) in [6.45, 7) is -0.577. The SMILES string of the molecule is CNCC(=O)O.O=C1CCC(N2C(=O)c3cccc(F)c3C2=O)C(=O)N1CCO. The van der Waals surface area contributed by atoms with E-state index >= 15 is 0 Å². The molecule has 3 N–H and O–H groups in total. The molecule has 4 amide bonds. The van der Waals surface area contributed by atoms with Crippen molar-refractivity contribution in [3.63, 3.8) is 0 Å². The number of carbonyl (C=O) groups excluding carboxylic acids is 4. The van der Waals surface area contributed by atoms with Gasteiger partial charge >= 0.3 is 5.97 Å². The Balaban J connectivity index is 0.000000438. The molecule has 156 valence electrons. The number of likely N-dealkylation sites (N-methyl/N-ethyl adjacent to an activating group) is 1. The van der Waals surface area contributed by atoms with Crippen LogP contribution in [-0.2, 0) is 14.4 Å². The van der Waals surface area contributed by atoms with Crippen LogP contribution in [0.1, 0.15) is 33.6 Å². The first-order valence-electron chi connectivity index (χ1n) is 8.72. The average Bonchev–Trinajstić information content (AvgIpc) is 2.91. The fourth-order valence-electron chi connectivity index (χ4n) is 3.09. The minimum Gasteiger partial charge on any atom is -0.480 e. The van der Waals surface area contributed by atoms with Crippen molar-refractivity contribution in [2.75, 3.05) is 26.7 Å². The van der Waals surface area contributed by atoms with Gasteiger partial charge in [-0.3, -0.25) is 33.8 Å². The minimum absolute atomic E-state index is 0.00726. The lowest BCUT2D eigenvalue weighted by Crippen LogP contribution is -2.56. The van der Waals surface area contributed by atoms with Gasteiger partial charge in [-0.2, -0.15) is 0 Å². The highest BCUT2D eigenvalue weighted by Gasteiger charge is 2.47. The lowest BCUT2D eigenvalue weighted by atomic mass is 10.0. The fourth-order valence-corrected chi connectivity index (χ4v) is 3.09. The molecular weight excluding hydrogens is 389 g/mol. The molecule has 0 aromatic heterocycles. The van der Waals surface area contributed by atoms with Crippen LogP contribution in [0.4, 0.5) is 4.39 Å². The fraction of sp³-hybridized carbons (Fsp3) is 0.389. The number of nitrogens with one attached hydrogen (secondary N) is 1. The topological polar surface area (TPSA) is 144 Å². The Hall–Kier alpha value is -3.18. The summed E-state index contributed by atoms with van der Waals surface area (Å²) in [6.07, 6.45) is -0.0427. The quantitative estimate of drug-likeness (QED) is 0.538. The van der Waals surface area contributed by atoms with Gasteiger partial charge in [0.2, 0.25) is 5.91 Å². The molecular formula is C18H20FN3O7. The van der Waals surface area contributed by atoms with Gasteiger partial charge < -0.3 is 15.5 Å². The number of carboxylic acids is 1. The van der Waals surface area contributed by atoms with E-state index in [1.165, 1.54) is 12.1 Å². The second-order valence-electron chi connectivity index (χ2n) is 6.23. The molecule has 0 bridgehead atoms. The maximum Gasteiger partial charge on any atom is 0.317 e. The molecule has 0 aliphatic carbocycles. The third kappa shape index (κ3) is 4.46. The summed E-state index contributed by atoms with van der Waals surface area (Å²) in [5.41, 5.74) is -0.440. The molecule has 1 aromatic carbocycles. The van der Waals surface area contributed by atoms with Crippen LogP contribution in [0.25, 0.3) is 0 Å². The third-order valence-electron chi connectivity index (χ3n) is 4.34. The first-order valence-corrected chi connectivity index (χ1v) is 8.72. The molecule has 1 atom stereocenters. The van der Waals surface area contributed by atoms with Gasteiger partial charge in [0.25, 0.3) is 17.7 Å². The zero-order valence-electron chi connectivity index (χ0n) is 15.6. The third-order valence-corrected chi connectivity index (χ3v) is 4.34. The number of aliphatic carboxylic acids is 1. The van der Waals surface area contributed by atoms with Gasteiger partial charge in [0.1, 0.15) is 11.9 Å². The maximum atomic E-state index is 13.8. The number of β-amino-alcohol motifs (C(OH)–C–C–N with tert-alkyl or cyclic N) is 1. The number of imide groups is 2. The second kappa shape index (κ2) is 9.34. The van der Waals surface area contributed by atoms with E-state index in [1.54, 1.807) is 7.05 Å². The highest BCUT2D eigenvalue weighted by atomic mass is 19.1. The van der Waals surface area contributed by atoms with Gasteiger partial charge in [0.05, 0.1) is 30.8 Å². The van der Waals surface area contributed by atoms with Crippen LogP contribution in [-0.4, -0.2) is 82.4 Å². The molecule has 1 aromatic rings. The Morgan fingerprint density at radius 3 is 2.45 bits per heavy atom. The summed E-state index contributed by atoms with van der Waals surface area (Å²) in [6, 6.07) is 2.54. The van der Waals surface area contributed by atoms with Gasteiger partial charge in [-0.05, 0) is 25.6 Å². The number of aliphatic hydroxyl groups excluding tert-OH is 1. The predicted octanol–water partition coefficient (Wildman–Crippen LogP) is -0.778. The van der Waals surface area contributed by atoms with Gasteiger partial charge in [-0.15, -0.1) is 0 Å². The molecule has 2 heterocycles. The Kier molecular flexibility index (Phi) is 7.13. The molecule has 1 saturated heterocycles. The second-order valence-corrected chi connectivity index (χ2v) is 6.23. The Morgan fingerprint density at radius 1 is 1.24 bits per heavy atom. The maximum absolute atomic E-state index is 13.8. The number of aliphatic hydroxyl groups is 1. The molecule has 0 saturated carbocycles. The Labute approximate surface area is 164 Å². The molecule has 1 unspecified atom stereocenters. The monoisotopic (exact) mass is 409 g/mol. The first-order chi connectivity index (χ1) is 13.7. The summed E-state index contributed by atoms with van der Waals surface area (Å²) >= 11 is 0. The smallest absolute Gasteiger partial charge is 0.317 e. The van der Waals surface area contributed by atoms with Crippen LogP contribution in [0, 0.1) is 5.82 Å². The number of carbonyl (C=O) groups is 5. The van der Waals surface area contributed by atoms with E-state index in [0.717, 1.165) is 11.0 Å². The lowest BCUT2D eigenvalue weighted by Gasteiger charge is -2.34. The Morgan fingerprint density at radius 2 is 1.93 bits per heavy atom. The molecule has 11 heteroatoms. The minimum atomic E-state index is -1.16. The molecule has 2 aliphatic heterocycles. The number of hydrogen-bond acceptors (Lipinski definition) is 7. The zero-order chi connectivity index (χ0) is 21.7. The largest absolute Gasteiger partial charge is 0.480 e. The average molecular weight is 409 g/mol. The molecule has 3 rings (SSSR count). The van der Waals surface area contributed by atoms with Crippen molar-refractivity contribution in [1.82, 2.24) is 15.1 Å². The van der Waals surface area contributed by atoms with Crippen molar-refractivity contribution in [3.05, 3.63) is 35.1 Å². The van der Waals surface area contributed by atoms with E-state index in [4.69, 9.17) is 10.2 Å². The van der Waals surface area contributed by atoms with Crippen molar-refractivity contribution in [2.45, 2.75) is 18.9 Å². The van der Waals surface area contributed by atoms with E-state index in [9.17, 15) is 28.4 Å². The molecule has 2 aliphatic rings. The standard InChI is InChI=1S/C15H13FN2O5.C3H7NO2/c16-9-3-1-2-8-12(9)15(23)18(13(8)21)10-4-5-11(20)17(6-7-19)14(10)22;1-4-2-3(5)6/h1-3,10,19H,4-7H2;4H,2H2,1H3,(H,5,6). The van der Waals surface area contributed by atoms with Gasteiger partial charge in [-0.1, -0.05) is 6.07 Å². The number of rotatable bonds is 5. The number of halogens is 1. The van der Waals surface area contributed by atoms with Crippen molar-refractivity contribution in [3.8, 4) is 0 Å². The van der Waals surface area contributed by atoms with E-state index < -0.39 is 48.1 Å². The van der Waals surface area contributed by atoms with Crippen LogP contribution >= 0.6 is 0 Å². The number of likely N-dealkylation sites (tertiary alicyclic amines) is 1. The zero-order valence-corrected chi connectivity index (χ0v) is 15.6. The summed E-state index contributed by atoms with van der Waals surface area (Å²) in [5.74, 6) is -4.47. The van der Waals surface area contributed by atoms with Crippen LogP contribution in [0.5, 0.6) is 0 Å². The number of piperidine rings is 1. The van der Waals surface area contributed by atoms with E-state index in [-0.39, 0.29) is 37.1 Å². The highest BCUT2D eigenvalue weighted by molar-refractivity contribution is 6.23. The number of nitrogens with zero attached hydrogens (tertiary/aromatic N) is 2. The molecule has 0 radical (unpaired) electrons. The van der Waals surface area contributed by atoms with Gasteiger partial charge in [-0.25, -0.2) is 4.39 Å². The molecule has 29 heavy (non-hydrogen) atoms. The van der Waals surface area contributed by atoms with Crippen LogP contribution in [0.3, 0.4) is 0 Å². The number of amides is 4. The highest BCUT2D eigenvalue weighted by Crippen LogP contribution is 2.30. The van der Waals surface area contributed by atoms with Crippen molar-refractivity contribution >= 4 is 29.6 Å². The van der Waals surface area contributed by atoms with E-state index in [0.29, 0.717) is 4.90 Å². The van der Waals surface area contributed by atoms with E-state index in [1.807, 2.05) is 0 Å². The van der Waals surface area contributed by atoms with E-state index in [2.05, 4.69) is 5.32 Å². The number of hydrogen-bond donors (Lipinski definition) is 3. The normalized spacial score (nSPS) is 18.5. The van der Waals surface area contributed by atoms with Crippen molar-refractivity contribution in [2.24, 2.45) is 0 Å². The summed E-state index contributed by atoms with van der Waals surface area (Å²) in [5, 5.41) is 19.3. The van der Waals surface area contributed by atoms with Gasteiger partial charge in [0, 0.05) is 6.42 Å². The summed E-state index contributed by atoms with van der Waals surface area (Å²) in [7, 11) is 1.59. The van der Waals surface area contributed by atoms with Crippen molar-refractivity contribution in [1.29, 1.82) is 0 Å². The molecule has 1 fully saturated rings. The number of benzene rings is 1. The van der Waals surface area contributed by atoms with Crippen LogP contribution < -0.4 is 5.32 Å². The first kappa shape index (κ1) is 22.1.